The van der Waals surface area contributed by atoms with Gasteiger partial charge < -0.3 is 20.1 Å². The fourth-order valence-electron chi connectivity index (χ4n) is 4.64. The summed E-state index contributed by atoms with van der Waals surface area (Å²) in [6.07, 6.45) is 0.623. The number of halogens is 3. The Balaban J connectivity index is 0.000000470. The lowest BCUT2D eigenvalue weighted by atomic mass is 10.0. The number of piperidine rings is 1. The first-order valence-corrected chi connectivity index (χ1v) is 12.8. The predicted octanol–water partition coefficient (Wildman–Crippen LogP) is 4.68. The predicted molar refractivity (Wildman–Crippen MR) is 144 cm³/mol. The van der Waals surface area contributed by atoms with E-state index >= 15 is 0 Å². The largest absolute Gasteiger partial charge is 0.497 e. The summed E-state index contributed by atoms with van der Waals surface area (Å²) in [6, 6.07) is 17.6. The number of hydrogen-bond acceptors (Lipinski definition) is 7. The standard InChI is InChI=1S/C26H29N5O2.C2HF3O2/c1-33-21-12-10-20(11-13-21)17-31-23-24(27-18-28-25(23)30-14-6-3-7-15-30)29-22(26(31)32)16-19-8-4-2-5-9-19;3-2(4,5)1(6)7/h2,4-5,8-13,18,22H,3,6-7,14-17H2,1H3,(H,27,28,29);(H,6,7). The maximum Gasteiger partial charge on any atom is 0.490 e. The molecule has 2 aliphatic rings. The summed E-state index contributed by atoms with van der Waals surface area (Å²) < 4.78 is 37.0. The molecule has 5 rings (SSSR count). The monoisotopic (exact) mass is 557 g/mol. The van der Waals surface area contributed by atoms with E-state index < -0.39 is 12.1 Å². The molecule has 2 N–H and O–H groups in total. The number of carboxylic acids is 1. The summed E-state index contributed by atoms with van der Waals surface area (Å²) in [4.78, 5) is 36.1. The topological polar surface area (TPSA) is 108 Å². The molecule has 1 unspecified atom stereocenters. The number of hydrogen-bond donors (Lipinski definition) is 2. The summed E-state index contributed by atoms with van der Waals surface area (Å²) in [5.41, 5.74) is 2.93. The normalized spacial score (nSPS) is 16.8. The minimum absolute atomic E-state index is 0.0373. The fourth-order valence-corrected chi connectivity index (χ4v) is 4.64. The molecule has 0 radical (unpaired) electrons. The van der Waals surface area contributed by atoms with Gasteiger partial charge in [-0.15, -0.1) is 0 Å². The molecule has 1 atom stereocenters. The molecule has 1 amide bonds. The molecule has 3 heterocycles. The number of carbonyl (C=O) groups excluding carboxylic acids is 1. The number of fused-ring (bicyclic) bond motifs is 1. The van der Waals surface area contributed by atoms with E-state index in [0.29, 0.717) is 13.0 Å². The highest BCUT2D eigenvalue weighted by atomic mass is 19.4. The van der Waals surface area contributed by atoms with Gasteiger partial charge in [-0.05, 0) is 42.5 Å². The molecule has 212 valence electrons. The number of aromatic nitrogens is 2. The summed E-state index contributed by atoms with van der Waals surface area (Å²) in [6.45, 7) is 2.35. The molecule has 9 nitrogen and oxygen atoms in total. The zero-order chi connectivity index (χ0) is 28.7. The van der Waals surface area contributed by atoms with Crippen molar-refractivity contribution >= 4 is 29.2 Å². The van der Waals surface area contributed by atoms with E-state index in [2.05, 4.69) is 32.3 Å². The lowest BCUT2D eigenvalue weighted by molar-refractivity contribution is -0.192. The Morgan fingerprint density at radius 1 is 1.02 bits per heavy atom. The van der Waals surface area contributed by atoms with E-state index in [-0.39, 0.29) is 11.9 Å². The van der Waals surface area contributed by atoms with Crippen LogP contribution in [0.25, 0.3) is 0 Å². The molecular formula is C28H30F3N5O4. The zero-order valence-electron chi connectivity index (χ0n) is 21.9. The lowest BCUT2D eigenvalue weighted by Gasteiger charge is -2.38. The SMILES string of the molecule is COc1ccc(CN2C(=O)C(Cc3ccccc3)Nc3ncnc(N4CCCCC4)c32)cc1.O=C(O)C(F)(F)F. The van der Waals surface area contributed by atoms with E-state index in [0.717, 1.165) is 60.1 Å². The number of ether oxygens (including phenoxy) is 1. The second-order valence-electron chi connectivity index (χ2n) is 9.40. The highest BCUT2D eigenvalue weighted by Gasteiger charge is 2.38. The van der Waals surface area contributed by atoms with Crippen LogP contribution in [0, 0.1) is 0 Å². The van der Waals surface area contributed by atoms with Gasteiger partial charge in [0.05, 0.1) is 13.7 Å². The van der Waals surface area contributed by atoms with E-state index in [9.17, 15) is 18.0 Å². The molecule has 3 aromatic rings. The van der Waals surface area contributed by atoms with Gasteiger partial charge in [0.2, 0.25) is 5.91 Å². The molecule has 2 aromatic carbocycles. The molecule has 1 saturated heterocycles. The molecule has 0 bridgehead atoms. The molecule has 12 heteroatoms. The average molecular weight is 558 g/mol. The van der Waals surface area contributed by atoms with Crippen LogP contribution < -0.4 is 19.9 Å². The number of rotatable bonds is 6. The second kappa shape index (κ2) is 12.7. The van der Waals surface area contributed by atoms with Gasteiger partial charge in [-0.3, -0.25) is 9.69 Å². The first-order chi connectivity index (χ1) is 19.2. The second-order valence-corrected chi connectivity index (χ2v) is 9.40. The van der Waals surface area contributed by atoms with Crippen LogP contribution in [-0.4, -0.2) is 59.4 Å². The quantitative estimate of drug-likeness (QED) is 0.450. The lowest BCUT2D eigenvalue weighted by Crippen LogP contribution is -2.49. The Kier molecular flexibility index (Phi) is 9.08. The van der Waals surface area contributed by atoms with E-state index in [1.54, 1.807) is 13.4 Å². The number of amides is 1. The smallest absolute Gasteiger partial charge is 0.490 e. The number of carboxylic acid groups (broad SMARTS) is 1. The van der Waals surface area contributed by atoms with Crippen LogP contribution in [0.3, 0.4) is 0 Å². The van der Waals surface area contributed by atoms with Gasteiger partial charge in [-0.25, -0.2) is 14.8 Å². The van der Waals surface area contributed by atoms with Gasteiger partial charge in [-0.1, -0.05) is 42.5 Å². The fraction of sp³-hybridized carbons (Fsp3) is 0.357. The van der Waals surface area contributed by atoms with Gasteiger partial charge >= 0.3 is 12.1 Å². The van der Waals surface area contributed by atoms with Crippen LogP contribution in [0.5, 0.6) is 5.75 Å². The average Bonchev–Trinajstić information content (AvgIpc) is 2.96. The number of nitrogens with zero attached hydrogens (tertiary/aromatic N) is 4. The summed E-state index contributed by atoms with van der Waals surface area (Å²) in [7, 11) is 1.65. The molecule has 2 aliphatic heterocycles. The number of methoxy groups -OCH3 is 1. The first-order valence-electron chi connectivity index (χ1n) is 12.8. The van der Waals surface area contributed by atoms with Crippen LogP contribution in [-0.2, 0) is 22.6 Å². The van der Waals surface area contributed by atoms with Crippen molar-refractivity contribution in [3.63, 3.8) is 0 Å². The number of aliphatic carboxylic acids is 1. The van der Waals surface area contributed by atoms with Gasteiger partial charge in [0.25, 0.3) is 0 Å². The number of nitrogens with one attached hydrogen (secondary N) is 1. The maximum atomic E-state index is 13.8. The molecule has 0 aliphatic carbocycles. The van der Waals surface area contributed by atoms with Gasteiger partial charge in [0, 0.05) is 19.5 Å². The third-order valence-electron chi connectivity index (χ3n) is 6.63. The zero-order valence-corrected chi connectivity index (χ0v) is 21.9. The van der Waals surface area contributed by atoms with Crippen molar-refractivity contribution in [1.29, 1.82) is 0 Å². The molecule has 0 saturated carbocycles. The van der Waals surface area contributed by atoms with Gasteiger partial charge in [-0.2, -0.15) is 13.2 Å². The number of alkyl halides is 3. The van der Waals surface area contributed by atoms with Crippen molar-refractivity contribution in [3.8, 4) is 5.75 Å². The van der Waals surface area contributed by atoms with E-state index in [1.165, 1.54) is 6.42 Å². The molecule has 1 aromatic heterocycles. The Bertz CT molecular complexity index is 1300. The minimum atomic E-state index is -5.08. The Hall–Kier alpha value is -4.35. The highest BCUT2D eigenvalue weighted by molar-refractivity contribution is 6.07. The van der Waals surface area contributed by atoms with Crippen LogP contribution in [0.15, 0.2) is 60.9 Å². The summed E-state index contributed by atoms with van der Waals surface area (Å²) >= 11 is 0. The van der Waals surface area contributed by atoms with Gasteiger partial charge in [0.1, 0.15) is 23.8 Å². The van der Waals surface area contributed by atoms with Crippen LogP contribution in [0.1, 0.15) is 30.4 Å². The van der Waals surface area contributed by atoms with E-state index in [1.807, 2.05) is 47.4 Å². The number of anilines is 3. The Morgan fingerprint density at radius 2 is 1.68 bits per heavy atom. The maximum absolute atomic E-state index is 13.8. The molecule has 0 spiro atoms. The van der Waals surface area contributed by atoms with Crippen LogP contribution in [0.2, 0.25) is 0 Å². The molecule has 40 heavy (non-hydrogen) atoms. The van der Waals surface area contributed by atoms with Crippen molar-refractivity contribution in [3.05, 3.63) is 72.1 Å². The number of carbonyl (C=O) groups is 2. The molecular weight excluding hydrogens is 527 g/mol. The van der Waals surface area contributed by atoms with Crippen molar-refractivity contribution in [1.82, 2.24) is 9.97 Å². The van der Waals surface area contributed by atoms with E-state index in [4.69, 9.17) is 14.6 Å². The van der Waals surface area contributed by atoms with Crippen molar-refractivity contribution < 1.29 is 32.6 Å². The Morgan fingerprint density at radius 3 is 2.27 bits per heavy atom. The highest BCUT2D eigenvalue weighted by Crippen LogP contribution is 2.39. The third kappa shape index (κ3) is 6.99. The third-order valence-corrected chi connectivity index (χ3v) is 6.63. The van der Waals surface area contributed by atoms with Crippen LogP contribution >= 0.6 is 0 Å². The van der Waals surface area contributed by atoms with Crippen molar-refractivity contribution in [2.75, 3.05) is 35.3 Å². The minimum Gasteiger partial charge on any atom is -0.497 e. The summed E-state index contributed by atoms with van der Waals surface area (Å²) in [5.74, 6) is -0.361. The first kappa shape index (κ1) is 28.7. The Labute approximate surface area is 229 Å². The molecule has 1 fully saturated rings. The number of benzene rings is 2. The van der Waals surface area contributed by atoms with Crippen molar-refractivity contribution in [2.24, 2.45) is 0 Å². The summed E-state index contributed by atoms with van der Waals surface area (Å²) in [5, 5.41) is 10.5. The van der Waals surface area contributed by atoms with Crippen LogP contribution in [0.4, 0.5) is 30.5 Å². The van der Waals surface area contributed by atoms with Gasteiger partial charge in [0.15, 0.2) is 11.6 Å². The van der Waals surface area contributed by atoms with Crippen molar-refractivity contribution in [2.45, 2.75) is 44.4 Å².